The topological polar surface area (TPSA) is 40.6 Å². The molecule has 1 aliphatic heterocycles. The minimum Gasteiger partial charge on any atom is -0.368 e. The van der Waals surface area contributed by atoms with Crippen molar-refractivity contribution in [2.45, 2.75) is 31.6 Å². The number of hydrogen-bond donors (Lipinski definition) is 0. The second-order valence-electron chi connectivity index (χ2n) is 6.87. The molecule has 5 heteroatoms. The van der Waals surface area contributed by atoms with E-state index in [1.54, 1.807) is 28.6 Å². The molecule has 1 heterocycles. The SMILES string of the molecule is Cc1cccc(C(C)C)c1N1CCN(S(=O)(=O)c2ccccc2)CC1. The first-order valence-electron chi connectivity index (χ1n) is 8.81. The number of anilines is 1. The van der Waals surface area contributed by atoms with Crippen molar-refractivity contribution in [1.82, 2.24) is 4.31 Å². The van der Waals surface area contributed by atoms with Crippen LogP contribution in [-0.2, 0) is 10.0 Å². The largest absolute Gasteiger partial charge is 0.368 e. The molecule has 2 aromatic rings. The third kappa shape index (κ3) is 3.58. The van der Waals surface area contributed by atoms with E-state index >= 15 is 0 Å². The van der Waals surface area contributed by atoms with Crippen LogP contribution in [0.25, 0.3) is 0 Å². The van der Waals surface area contributed by atoms with Crippen LogP contribution in [0.2, 0.25) is 0 Å². The van der Waals surface area contributed by atoms with Crippen molar-refractivity contribution in [3.63, 3.8) is 0 Å². The van der Waals surface area contributed by atoms with Gasteiger partial charge in [-0.2, -0.15) is 4.31 Å². The van der Waals surface area contributed by atoms with E-state index in [0.717, 1.165) is 13.1 Å². The first kappa shape index (κ1) is 18.0. The molecule has 0 aliphatic carbocycles. The molecular weight excluding hydrogens is 332 g/mol. The molecule has 0 bridgehead atoms. The van der Waals surface area contributed by atoms with E-state index in [4.69, 9.17) is 0 Å². The van der Waals surface area contributed by atoms with E-state index in [-0.39, 0.29) is 0 Å². The van der Waals surface area contributed by atoms with Crippen molar-refractivity contribution < 1.29 is 8.42 Å². The van der Waals surface area contributed by atoms with E-state index in [1.807, 2.05) is 6.07 Å². The number of nitrogens with zero attached hydrogens (tertiary/aromatic N) is 2. The van der Waals surface area contributed by atoms with Gasteiger partial charge in [0, 0.05) is 31.9 Å². The Bertz CT molecular complexity index is 824. The molecule has 1 aliphatic rings. The van der Waals surface area contributed by atoms with Gasteiger partial charge in [0.05, 0.1) is 4.90 Å². The molecule has 3 rings (SSSR count). The van der Waals surface area contributed by atoms with Gasteiger partial charge < -0.3 is 4.90 Å². The highest BCUT2D eigenvalue weighted by Gasteiger charge is 2.29. The predicted octanol–water partition coefficient (Wildman–Crippen LogP) is 3.63. The highest BCUT2D eigenvalue weighted by atomic mass is 32.2. The summed E-state index contributed by atoms with van der Waals surface area (Å²) in [6.45, 7) is 9.01. The Labute approximate surface area is 151 Å². The third-order valence-electron chi connectivity index (χ3n) is 4.83. The smallest absolute Gasteiger partial charge is 0.243 e. The summed E-state index contributed by atoms with van der Waals surface area (Å²) in [5.74, 6) is 0.445. The molecule has 0 spiro atoms. The summed E-state index contributed by atoms with van der Waals surface area (Å²) in [4.78, 5) is 2.71. The van der Waals surface area contributed by atoms with Gasteiger partial charge >= 0.3 is 0 Å². The Balaban J connectivity index is 1.79. The van der Waals surface area contributed by atoms with Crippen LogP contribution >= 0.6 is 0 Å². The molecule has 0 amide bonds. The predicted molar refractivity (Wildman–Crippen MR) is 103 cm³/mol. The Hall–Kier alpha value is -1.85. The van der Waals surface area contributed by atoms with Crippen molar-refractivity contribution in [2.75, 3.05) is 31.1 Å². The van der Waals surface area contributed by atoms with Crippen LogP contribution < -0.4 is 4.90 Å². The zero-order chi connectivity index (χ0) is 18.0. The zero-order valence-corrected chi connectivity index (χ0v) is 16.0. The molecule has 1 fully saturated rings. The minimum atomic E-state index is -3.40. The van der Waals surface area contributed by atoms with Crippen molar-refractivity contribution in [2.24, 2.45) is 0 Å². The maximum atomic E-state index is 12.8. The van der Waals surface area contributed by atoms with Crippen molar-refractivity contribution in [3.05, 3.63) is 59.7 Å². The van der Waals surface area contributed by atoms with Gasteiger partial charge in [-0.3, -0.25) is 0 Å². The van der Waals surface area contributed by atoms with Crippen molar-refractivity contribution >= 4 is 15.7 Å². The fourth-order valence-electron chi connectivity index (χ4n) is 3.47. The van der Waals surface area contributed by atoms with Crippen LogP contribution in [0.1, 0.15) is 30.9 Å². The quantitative estimate of drug-likeness (QED) is 0.838. The van der Waals surface area contributed by atoms with Crippen molar-refractivity contribution in [1.29, 1.82) is 0 Å². The number of hydrogen-bond acceptors (Lipinski definition) is 3. The first-order chi connectivity index (χ1) is 11.9. The number of para-hydroxylation sites is 1. The fourth-order valence-corrected chi connectivity index (χ4v) is 4.92. The average Bonchev–Trinajstić information content (AvgIpc) is 2.62. The second kappa shape index (κ2) is 7.18. The highest BCUT2D eigenvalue weighted by molar-refractivity contribution is 7.89. The molecule has 0 radical (unpaired) electrons. The van der Waals surface area contributed by atoms with Gasteiger partial charge in [0.1, 0.15) is 0 Å². The summed E-state index contributed by atoms with van der Waals surface area (Å²) in [6, 6.07) is 15.1. The lowest BCUT2D eigenvalue weighted by atomic mass is 9.97. The van der Waals surface area contributed by atoms with Crippen molar-refractivity contribution in [3.8, 4) is 0 Å². The Morgan fingerprint density at radius 1 is 0.880 bits per heavy atom. The second-order valence-corrected chi connectivity index (χ2v) is 8.81. The van der Waals surface area contributed by atoms with Gasteiger partial charge in [-0.25, -0.2) is 8.42 Å². The Morgan fingerprint density at radius 3 is 2.12 bits per heavy atom. The van der Waals surface area contributed by atoms with Crippen LogP contribution in [0.5, 0.6) is 0 Å². The molecule has 0 aromatic heterocycles. The van der Waals surface area contributed by atoms with Crippen LogP contribution in [0.15, 0.2) is 53.4 Å². The lowest BCUT2D eigenvalue weighted by Crippen LogP contribution is -2.49. The monoisotopic (exact) mass is 358 g/mol. The maximum Gasteiger partial charge on any atom is 0.243 e. The first-order valence-corrected chi connectivity index (χ1v) is 10.2. The highest BCUT2D eigenvalue weighted by Crippen LogP contribution is 2.32. The van der Waals surface area contributed by atoms with Crippen LogP contribution in [0.3, 0.4) is 0 Å². The van der Waals surface area contributed by atoms with E-state index < -0.39 is 10.0 Å². The number of benzene rings is 2. The standard InChI is InChI=1S/C20H26N2O2S/c1-16(2)19-11-7-8-17(3)20(19)21-12-14-22(15-13-21)25(23,24)18-9-5-4-6-10-18/h4-11,16H,12-15H2,1-3H3. The average molecular weight is 359 g/mol. The fraction of sp³-hybridized carbons (Fsp3) is 0.400. The molecular formula is C20H26N2O2S. The third-order valence-corrected chi connectivity index (χ3v) is 6.74. The molecule has 0 saturated carbocycles. The molecule has 25 heavy (non-hydrogen) atoms. The van der Waals surface area contributed by atoms with Gasteiger partial charge in [-0.05, 0) is 36.1 Å². The number of rotatable bonds is 4. The van der Waals surface area contributed by atoms with E-state index in [0.29, 0.717) is 23.9 Å². The number of aryl methyl sites for hydroxylation is 1. The lowest BCUT2D eigenvalue weighted by Gasteiger charge is -2.37. The minimum absolute atomic E-state index is 0.377. The molecule has 4 nitrogen and oxygen atoms in total. The molecule has 1 saturated heterocycles. The Morgan fingerprint density at radius 2 is 1.52 bits per heavy atom. The normalized spacial score (nSPS) is 16.4. The zero-order valence-electron chi connectivity index (χ0n) is 15.1. The molecule has 0 N–H and O–H groups in total. The summed E-state index contributed by atoms with van der Waals surface area (Å²) in [6.07, 6.45) is 0. The summed E-state index contributed by atoms with van der Waals surface area (Å²) in [5.41, 5.74) is 3.86. The van der Waals surface area contributed by atoms with Gasteiger partial charge in [-0.15, -0.1) is 0 Å². The van der Waals surface area contributed by atoms with Crippen LogP contribution in [-0.4, -0.2) is 38.9 Å². The summed E-state index contributed by atoms with van der Waals surface area (Å²) in [5, 5.41) is 0. The lowest BCUT2D eigenvalue weighted by molar-refractivity contribution is 0.384. The molecule has 134 valence electrons. The van der Waals surface area contributed by atoms with Gasteiger partial charge in [0.2, 0.25) is 10.0 Å². The van der Waals surface area contributed by atoms with Gasteiger partial charge in [0.15, 0.2) is 0 Å². The summed E-state index contributed by atoms with van der Waals surface area (Å²) < 4.78 is 27.2. The number of sulfonamides is 1. The van der Waals surface area contributed by atoms with Gasteiger partial charge in [-0.1, -0.05) is 50.2 Å². The molecule has 2 aromatic carbocycles. The summed E-state index contributed by atoms with van der Waals surface area (Å²) >= 11 is 0. The number of piperazine rings is 1. The van der Waals surface area contributed by atoms with E-state index in [1.165, 1.54) is 16.8 Å². The molecule has 0 atom stereocenters. The summed E-state index contributed by atoms with van der Waals surface area (Å²) in [7, 11) is -3.40. The Kier molecular flexibility index (Phi) is 5.16. The van der Waals surface area contributed by atoms with Crippen LogP contribution in [0.4, 0.5) is 5.69 Å². The van der Waals surface area contributed by atoms with E-state index in [2.05, 4.69) is 43.9 Å². The van der Waals surface area contributed by atoms with Crippen LogP contribution in [0, 0.1) is 6.92 Å². The van der Waals surface area contributed by atoms with Gasteiger partial charge in [0.25, 0.3) is 0 Å². The maximum absolute atomic E-state index is 12.8. The molecule has 0 unspecified atom stereocenters. The van der Waals surface area contributed by atoms with E-state index in [9.17, 15) is 8.42 Å².